The number of aromatic nitrogens is 2. The van der Waals surface area contributed by atoms with Crippen LogP contribution in [0.3, 0.4) is 0 Å². The van der Waals surface area contributed by atoms with Crippen molar-refractivity contribution in [3.63, 3.8) is 0 Å². The van der Waals surface area contributed by atoms with E-state index < -0.39 is 45.4 Å². The molecule has 1 heterocycles. The van der Waals surface area contributed by atoms with E-state index in [0.29, 0.717) is 10.9 Å². The highest BCUT2D eigenvalue weighted by Gasteiger charge is 2.38. The summed E-state index contributed by atoms with van der Waals surface area (Å²) >= 11 is 6.90. The van der Waals surface area contributed by atoms with Crippen LogP contribution in [0.2, 0.25) is 5.02 Å². The number of nitrogens with zero attached hydrogens (tertiary/aromatic N) is 2. The van der Waals surface area contributed by atoms with Gasteiger partial charge in [0.2, 0.25) is 0 Å². The van der Waals surface area contributed by atoms with Crippen LogP contribution in [0.1, 0.15) is 25.1 Å². The Hall–Kier alpha value is -2.07. The van der Waals surface area contributed by atoms with E-state index in [1.165, 1.54) is 6.92 Å². The highest BCUT2D eigenvalue weighted by atomic mass is 35.5. The Morgan fingerprint density at radius 2 is 1.89 bits per heavy atom. The van der Waals surface area contributed by atoms with Gasteiger partial charge >= 0.3 is 11.9 Å². The molecule has 0 aliphatic carbocycles. The molecule has 28 heavy (non-hydrogen) atoms. The highest BCUT2D eigenvalue weighted by Crippen LogP contribution is 2.33. The molecule has 5 nitrogen and oxygen atoms in total. The average molecular weight is 439 g/mol. The maximum Gasteiger partial charge on any atom is 0.432 e. The van der Waals surface area contributed by atoms with Gasteiger partial charge in [-0.3, -0.25) is 9.36 Å². The molecule has 0 N–H and O–H groups in total. The monoisotopic (exact) mass is 438 g/mol. The number of benzene rings is 1. The topological polar surface area (TPSA) is 61.1 Å². The van der Waals surface area contributed by atoms with Crippen molar-refractivity contribution >= 4 is 29.6 Å². The molecule has 0 bridgehead atoms. The number of alkyl halides is 3. The summed E-state index contributed by atoms with van der Waals surface area (Å²) < 4.78 is 55.1. The SMILES string of the molecule is CCc1c(C(F)(F)F)n(C)c(=O)n(-c2cc(SC(C)C=O)c(Cl)cc2F)c1=O. The number of rotatable bonds is 5. The molecule has 1 unspecified atom stereocenters. The number of halogens is 5. The Labute approximate surface area is 165 Å². The van der Waals surface area contributed by atoms with Crippen LogP contribution in [0.25, 0.3) is 5.69 Å². The molecule has 1 aromatic carbocycles. The normalized spacial score (nSPS) is 12.9. The van der Waals surface area contributed by atoms with Gasteiger partial charge in [-0.1, -0.05) is 18.5 Å². The zero-order valence-corrected chi connectivity index (χ0v) is 16.5. The van der Waals surface area contributed by atoms with Crippen LogP contribution >= 0.6 is 23.4 Å². The van der Waals surface area contributed by atoms with Gasteiger partial charge in [-0.05, 0) is 25.5 Å². The maximum atomic E-state index is 14.5. The molecule has 152 valence electrons. The van der Waals surface area contributed by atoms with Gasteiger partial charge in [-0.2, -0.15) is 13.2 Å². The summed E-state index contributed by atoms with van der Waals surface area (Å²) in [5.74, 6) is -1.06. The molecule has 2 rings (SSSR count). The number of carbonyl (C=O) groups excluding carboxylic acids is 1. The maximum absolute atomic E-state index is 14.5. The zero-order valence-electron chi connectivity index (χ0n) is 14.9. The van der Waals surface area contributed by atoms with E-state index in [0.717, 1.165) is 30.9 Å². The minimum atomic E-state index is -4.93. The molecule has 0 fully saturated rings. The van der Waals surface area contributed by atoms with Crippen LogP contribution in [0, 0.1) is 5.82 Å². The molecule has 1 atom stereocenters. The number of carbonyl (C=O) groups is 1. The van der Waals surface area contributed by atoms with E-state index in [2.05, 4.69) is 0 Å². The van der Waals surface area contributed by atoms with Crippen LogP contribution in [0.15, 0.2) is 26.6 Å². The predicted octanol–water partition coefficient (Wildman–Crippen LogP) is 3.59. The van der Waals surface area contributed by atoms with Crippen molar-refractivity contribution in [3.05, 3.63) is 55.1 Å². The summed E-state index contributed by atoms with van der Waals surface area (Å²) in [6, 6.07) is 1.91. The van der Waals surface area contributed by atoms with Gasteiger partial charge in [-0.25, -0.2) is 13.8 Å². The average Bonchev–Trinajstić information content (AvgIpc) is 2.60. The lowest BCUT2D eigenvalue weighted by atomic mass is 10.1. The minimum absolute atomic E-state index is 0.0625. The first-order chi connectivity index (χ1) is 12.9. The quantitative estimate of drug-likeness (QED) is 0.406. The standard InChI is InChI=1S/C17H15ClF4N2O3S/c1-4-9-14(17(20,21)22)23(3)16(27)24(15(9)26)12-6-13(28-8(2)7-25)10(18)5-11(12)19/h5-8H,4H2,1-3H3. The minimum Gasteiger partial charge on any atom is -0.302 e. The van der Waals surface area contributed by atoms with Gasteiger partial charge in [-0.15, -0.1) is 11.8 Å². The zero-order chi connectivity index (χ0) is 21.4. The smallest absolute Gasteiger partial charge is 0.302 e. The third-order valence-corrected chi connectivity index (χ3v) is 5.43. The number of aldehydes is 1. The highest BCUT2D eigenvalue weighted by molar-refractivity contribution is 8.00. The van der Waals surface area contributed by atoms with E-state index >= 15 is 0 Å². The van der Waals surface area contributed by atoms with E-state index in [-0.39, 0.29) is 20.9 Å². The fourth-order valence-electron chi connectivity index (χ4n) is 2.67. The molecule has 0 spiro atoms. The van der Waals surface area contributed by atoms with E-state index in [4.69, 9.17) is 11.6 Å². The van der Waals surface area contributed by atoms with Gasteiger partial charge in [0.15, 0.2) is 0 Å². The molecule has 0 amide bonds. The second-order valence-corrected chi connectivity index (χ2v) is 7.68. The molecule has 1 aromatic heterocycles. The number of hydrogen-bond donors (Lipinski definition) is 0. The molecule has 0 saturated heterocycles. The van der Waals surface area contributed by atoms with Crippen LogP contribution < -0.4 is 11.2 Å². The van der Waals surface area contributed by atoms with Crippen LogP contribution in [-0.4, -0.2) is 20.7 Å². The molecule has 0 radical (unpaired) electrons. The van der Waals surface area contributed by atoms with E-state index in [1.54, 1.807) is 6.92 Å². The fourth-order valence-corrected chi connectivity index (χ4v) is 3.76. The van der Waals surface area contributed by atoms with Gasteiger partial charge in [0.05, 0.1) is 16.0 Å². The third-order valence-electron chi connectivity index (χ3n) is 3.93. The summed E-state index contributed by atoms with van der Waals surface area (Å²) in [5.41, 5.74) is -5.20. The molecule has 11 heteroatoms. The van der Waals surface area contributed by atoms with E-state index in [1.807, 2.05) is 0 Å². The first-order valence-corrected chi connectivity index (χ1v) is 9.23. The van der Waals surface area contributed by atoms with Crippen molar-refractivity contribution in [2.75, 3.05) is 0 Å². The fraction of sp³-hybridized carbons (Fsp3) is 0.353. The van der Waals surface area contributed by atoms with Crippen molar-refractivity contribution < 1.29 is 22.4 Å². The number of hydrogen-bond acceptors (Lipinski definition) is 4. The molecule has 2 aromatic rings. The van der Waals surface area contributed by atoms with E-state index in [9.17, 15) is 31.9 Å². The van der Waals surface area contributed by atoms with Crippen molar-refractivity contribution in [3.8, 4) is 5.69 Å². The lowest BCUT2D eigenvalue weighted by molar-refractivity contribution is -0.144. The van der Waals surface area contributed by atoms with Crippen LogP contribution in [0.4, 0.5) is 17.6 Å². The Morgan fingerprint density at radius 3 is 2.39 bits per heavy atom. The Balaban J connectivity index is 2.88. The largest absolute Gasteiger partial charge is 0.432 e. The Kier molecular flexibility index (Phi) is 6.44. The van der Waals surface area contributed by atoms with Gasteiger partial charge in [0.1, 0.15) is 17.8 Å². The molecule has 0 aliphatic rings. The summed E-state index contributed by atoms with van der Waals surface area (Å²) in [6.45, 7) is 2.88. The molecular weight excluding hydrogens is 424 g/mol. The lowest BCUT2D eigenvalue weighted by Gasteiger charge is -2.19. The first kappa shape index (κ1) is 22.2. The van der Waals surface area contributed by atoms with Crippen molar-refractivity contribution in [2.45, 2.75) is 36.6 Å². The summed E-state index contributed by atoms with van der Waals surface area (Å²) in [5, 5.41) is -0.623. The molecular formula is C17H15ClF4N2O3S. The van der Waals surface area contributed by atoms with Crippen molar-refractivity contribution in [1.29, 1.82) is 0 Å². The summed E-state index contributed by atoms with van der Waals surface area (Å²) in [7, 11) is 0.859. The van der Waals surface area contributed by atoms with Crippen molar-refractivity contribution in [1.82, 2.24) is 9.13 Å². The third kappa shape index (κ3) is 4.02. The van der Waals surface area contributed by atoms with Crippen LogP contribution in [-0.2, 0) is 24.4 Å². The summed E-state index contributed by atoms with van der Waals surface area (Å²) in [4.78, 5) is 36.2. The van der Waals surface area contributed by atoms with Gasteiger partial charge in [0.25, 0.3) is 5.56 Å². The molecule has 0 saturated carbocycles. The van der Waals surface area contributed by atoms with Gasteiger partial charge < -0.3 is 4.79 Å². The first-order valence-electron chi connectivity index (χ1n) is 7.97. The lowest BCUT2D eigenvalue weighted by Crippen LogP contribution is -2.44. The van der Waals surface area contributed by atoms with Crippen molar-refractivity contribution in [2.24, 2.45) is 7.05 Å². The Bertz CT molecular complexity index is 1050. The predicted molar refractivity (Wildman–Crippen MR) is 98.0 cm³/mol. The number of thioether (sulfide) groups is 1. The summed E-state index contributed by atoms with van der Waals surface area (Å²) in [6.07, 6.45) is -4.64. The second kappa shape index (κ2) is 8.12. The second-order valence-electron chi connectivity index (χ2n) is 5.85. The Morgan fingerprint density at radius 1 is 1.29 bits per heavy atom. The van der Waals surface area contributed by atoms with Gasteiger partial charge in [0, 0.05) is 17.5 Å². The van der Waals surface area contributed by atoms with Crippen LogP contribution in [0.5, 0.6) is 0 Å². The molecule has 0 aliphatic heterocycles.